The number of allylic oxidation sites excluding steroid dienone is 1. The molecule has 0 aliphatic heterocycles. The summed E-state index contributed by atoms with van der Waals surface area (Å²) >= 11 is 0. The minimum Gasteiger partial charge on any atom is -0.489 e. The number of nitrogens with zero attached hydrogens (tertiary/aromatic N) is 2. The number of hydrogen-bond donors (Lipinski definition) is 3. The molecule has 1 aliphatic rings. The third-order valence-electron chi connectivity index (χ3n) is 5.92. The molecule has 6 nitrogen and oxygen atoms in total. The van der Waals surface area contributed by atoms with E-state index in [1.165, 1.54) is 25.5 Å². The van der Waals surface area contributed by atoms with Crippen LogP contribution in [0.3, 0.4) is 0 Å². The number of rotatable bonds is 6. The molecule has 3 N–H and O–H groups in total. The Morgan fingerprint density at radius 2 is 2.00 bits per heavy atom. The number of nitriles is 1. The summed E-state index contributed by atoms with van der Waals surface area (Å²) in [5.41, 5.74) is 4.67. The van der Waals surface area contributed by atoms with Gasteiger partial charge in [-0.1, -0.05) is 12.5 Å². The zero-order chi connectivity index (χ0) is 23.4. The van der Waals surface area contributed by atoms with Gasteiger partial charge in [0, 0.05) is 35.1 Å². The summed E-state index contributed by atoms with van der Waals surface area (Å²) in [6.45, 7) is 6.22. The van der Waals surface area contributed by atoms with E-state index < -0.39 is 0 Å². The number of fused-ring (bicyclic) bond motifs is 1. The Morgan fingerprint density at radius 3 is 2.70 bits per heavy atom. The van der Waals surface area contributed by atoms with Crippen LogP contribution in [-0.4, -0.2) is 27.8 Å². The monoisotopic (exact) mass is 441 g/mol. The lowest BCUT2D eigenvalue weighted by atomic mass is 9.97. The molecule has 0 saturated heterocycles. The van der Waals surface area contributed by atoms with E-state index in [0.29, 0.717) is 11.3 Å². The molecule has 1 aromatic carbocycles. The number of benzene rings is 1. The summed E-state index contributed by atoms with van der Waals surface area (Å²) in [6.07, 6.45) is 10.9. The highest BCUT2D eigenvalue weighted by molar-refractivity contribution is 6.09. The average Bonchev–Trinajstić information content (AvgIpc) is 3.24. The van der Waals surface area contributed by atoms with Gasteiger partial charge in [-0.05, 0) is 81.8 Å². The Bertz CT molecular complexity index is 1220. The molecule has 6 heteroatoms. The molecule has 0 bridgehead atoms. The highest BCUT2D eigenvalue weighted by atomic mass is 16.5. The maximum Gasteiger partial charge on any atom is 0.138 e. The largest absolute Gasteiger partial charge is 0.489 e. The number of aromatic nitrogens is 2. The fourth-order valence-electron chi connectivity index (χ4n) is 4.18. The molecule has 1 fully saturated rings. The van der Waals surface area contributed by atoms with Crippen LogP contribution in [0.5, 0.6) is 5.75 Å². The molecule has 0 radical (unpaired) electrons. The van der Waals surface area contributed by atoms with Crippen molar-refractivity contribution >= 4 is 22.8 Å². The van der Waals surface area contributed by atoms with E-state index in [1.54, 1.807) is 6.20 Å². The van der Waals surface area contributed by atoms with E-state index in [0.717, 1.165) is 46.3 Å². The molecule has 33 heavy (non-hydrogen) atoms. The number of nitrogens with one attached hydrogen (secondary N) is 3. The molecule has 1 saturated carbocycles. The van der Waals surface area contributed by atoms with Crippen molar-refractivity contribution in [2.24, 2.45) is 0 Å². The Labute approximate surface area is 195 Å². The number of hydrogen-bond acceptors (Lipinski definition) is 5. The van der Waals surface area contributed by atoms with Gasteiger partial charge in [0.15, 0.2) is 0 Å². The number of ether oxygens (including phenoxy) is 1. The summed E-state index contributed by atoms with van der Waals surface area (Å²) in [5.74, 6) is 0.662. The zero-order valence-corrected chi connectivity index (χ0v) is 19.5. The molecule has 0 atom stereocenters. The molecular weight excluding hydrogens is 410 g/mol. The van der Waals surface area contributed by atoms with Crippen LogP contribution < -0.4 is 10.1 Å². The molecule has 2 aromatic heterocycles. The molecule has 0 amide bonds. The number of pyridine rings is 1. The van der Waals surface area contributed by atoms with Gasteiger partial charge in [0.05, 0.1) is 17.4 Å². The van der Waals surface area contributed by atoms with Crippen molar-refractivity contribution in [3.05, 3.63) is 54.0 Å². The van der Waals surface area contributed by atoms with E-state index in [1.807, 2.05) is 36.5 Å². The second kappa shape index (κ2) is 9.50. The van der Waals surface area contributed by atoms with Crippen molar-refractivity contribution < 1.29 is 4.74 Å². The Kier molecular flexibility index (Phi) is 6.50. The fraction of sp³-hybridized carbons (Fsp3) is 0.370. The summed E-state index contributed by atoms with van der Waals surface area (Å²) in [5, 5.41) is 21.9. The zero-order valence-electron chi connectivity index (χ0n) is 19.5. The lowest BCUT2D eigenvalue weighted by Gasteiger charge is -2.23. The van der Waals surface area contributed by atoms with Gasteiger partial charge < -0.3 is 20.4 Å². The van der Waals surface area contributed by atoms with Crippen LogP contribution in [0.1, 0.15) is 64.1 Å². The van der Waals surface area contributed by atoms with E-state index in [2.05, 4.69) is 42.1 Å². The standard InChI is InChI=1S/C27H31N5O/c1-27(2,3)31-17-20(16-29)24-14-23-22(11-12-30-26(23)32-24)18-9-10-25(19(13-18)15-28)33-21-7-5-4-6-8-21/h9-14,16-17,21,29,31H,4-8H2,1-3H3,(H,30,32)/b20-17+,29-16?. The fourth-order valence-corrected chi connectivity index (χ4v) is 4.18. The minimum absolute atomic E-state index is 0.0984. The molecule has 170 valence electrons. The van der Waals surface area contributed by atoms with Gasteiger partial charge in [-0.15, -0.1) is 0 Å². The highest BCUT2D eigenvalue weighted by Crippen LogP contribution is 2.33. The van der Waals surface area contributed by atoms with Crippen molar-refractivity contribution in [3.63, 3.8) is 0 Å². The van der Waals surface area contributed by atoms with Gasteiger partial charge in [-0.2, -0.15) is 5.26 Å². The van der Waals surface area contributed by atoms with Gasteiger partial charge in [-0.25, -0.2) is 4.98 Å². The van der Waals surface area contributed by atoms with Crippen LogP contribution in [0.25, 0.3) is 27.7 Å². The normalized spacial score (nSPS) is 15.3. The van der Waals surface area contributed by atoms with Crippen LogP contribution >= 0.6 is 0 Å². The van der Waals surface area contributed by atoms with E-state index in [9.17, 15) is 5.26 Å². The van der Waals surface area contributed by atoms with E-state index in [4.69, 9.17) is 10.1 Å². The van der Waals surface area contributed by atoms with Crippen LogP contribution in [0, 0.1) is 16.7 Å². The van der Waals surface area contributed by atoms with E-state index in [-0.39, 0.29) is 11.6 Å². The van der Waals surface area contributed by atoms with Gasteiger partial charge in [0.25, 0.3) is 0 Å². The Morgan fingerprint density at radius 1 is 1.21 bits per heavy atom. The van der Waals surface area contributed by atoms with Crippen molar-refractivity contribution in [1.82, 2.24) is 15.3 Å². The average molecular weight is 442 g/mol. The summed E-state index contributed by atoms with van der Waals surface area (Å²) in [6, 6.07) is 12.1. The lowest BCUT2D eigenvalue weighted by molar-refractivity contribution is 0.154. The first-order valence-corrected chi connectivity index (χ1v) is 11.6. The first-order valence-electron chi connectivity index (χ1n) is 11.6. The molecular formula is C27H31N5O. The minimum atomic E-state index is -0.0984. The van der Waals surface area contributed by atoms with Crippen LogP contribution in [0.15, 0.2) is 42.7 Å². The van der Waals surface area contributed by atoms with Crippen molar-refractivity contribution in [3.8, 4) is 22.9 Å². The summed E-state index contributed by atoms with van der Waals surface area (Å²) < 4.78 is 6.18. The van der Waals surface area contributed by atoms with E-state index >= 15 is 0 Å². The summed E-state index contributed by atoms with van der Waals surface area (Å²) in [7, 11) is 0. The predicted molar refractivity (Wildman–Crippen MR) is 133 cm³/mol. The first-order chi connectivity index (χ1) is 15.9. The maximum atomic E-state index is 9.78. The van der Waals surface area contributed by atoms with Crippen molar-refractivity contribution in [2.75, 3.05) is 0 Å². The summed E-state index contributed by atoms with van der Waals surface area (Å²) in [4.78, 5) is 7.81. The second-order valence-electron chi connectivity index (χ2n) is 9.64. The molecule has 2 heterocycles. The lowest BCUT2D eigenvalue weighted by Crippen LogP contribution is -2.31. The second-order valence-corrected chi connectivity index (χ2v) is 9.64. The SMILES string of the molecule is CC(C)(C)N/C=C(\C=N)c1cc2c(-c3ccc(OC4CCCCC4)c(C#N)c3)ccnc2[nH]1. The maximum absolute atomic E-state index is 9.78. The molecule has 0 spiro atoms. The first kappa shape index (κ1) is 22.6. The van der Waals surface area contributed by atoms with Crippen LogP contribution in [0.4, 0.5) is 0 Å². The molecule has 0 unspecified atom stereocenters. The topological polar surface area (TPSA) is 97.6 Å². The third-order valence-corrected chi connectivity index (χ3v) is 5.92. The molecule has 4 rings (SSSR count). The Hall–Kier alpha value is -3.59. The van der Waals surface area contributed by atoms with Gasteiger partial charge >= 0.3 is 0 Å². The highest BCUT2D eigenvalue weighted by Gasteiger charge is 2.18. The number of H-pyrrole nitrogens is 1. The number of aromatic amines is 1. The smallest absolute Gasteiger partial charge is 0.138 e. The predicted octanol–water partition coefficient (Wildman–Crippen LogP) is 6.19. The van der Waals surface area contributed by atoms with Crippen molar-refractivity contribution in [1.29, 1.82) is 10.7 Å². The van der Waals surface area contributed by atoms with Gasteiger partial charge in [0.2, 0.25) is 0 Å². The Balaban J connectivity index is 1.68. The van der Waals surface area contributed by atoms with Crippen molar-refractivity contribution in [2.45, 2.75) is 64.5 Å². The van der Waals surface area contributed by atoms with Gasteiger partial charge in [0.1, 0.15) is 17.5 Å². The third kappa shape index (κ3) is 5.25. The van der Waals surface area contributed by atoms with Crippen LogP contribution in [0.2, 0.25) is 0 Å². The van der Waals surface area contributed by atoms with Crippen LogP contribution in [-0.2, 0) is 0 Å². The molecule has 3 aromatic rings. The quantitative estimate of drug-likeness (QED) is 0.397. The van der Waals surface area contributed by atoms with Gasteiger partial charge in [-0.3, -0.25) is 0 Å². The molecule has 1 aliphatic carbocycles.